The molecule has 1 saturated heterocycles. The average Bonchev–Trinajstić information content (AvgIpc) is 3.16. The third-order valence-electron chi connectivity index (χ3n) is 5.35. The fourth-order valence-electron chi connectivity index (χ4n) is 3.73. The highest BCUT2D eigenvalue weighted by atomic mass is 32.1. The first-order valence-electron chi connectivity index (χ1n) is 9.61. The molecule has 0 unspecified atom stereocenters. The molecule has 4 aromatic rings. The molecule has 1 aromatic carbocycles. The Morgan fingerprint density at radius 3 is 2.60 bits per heavy atom. The van der Waals surface area contributed by atoms with Crippen LogP contribution in [0.25, 0.3) is 20.4 Å². The van der Waals surface area contributed by atoms with Crippen LogP contribution in [0.2, 0.25) is 0 Å². The third kappa shape index (κ3) is 3.30. The van der Waals surface area contributed by atoms with Crippen LogP contribution < -0.4 is 10.5 Å². The van der Waals surface area contributed by atoms with E-state index >= 15 is 0 Å². The maximum absolute atomic E-state index is 13.1. The Hall–Kier alpha value is -3.33. The second-order valence-corrected chi connectivity index (χ2v) is 8.16. The maximum atomic E-state index is 13.1. The number of hydrogen-bond acceptors (Lipinski definition) is 6. The molecule has 152 valence electrons. The van der Waals surface area contributed by atoms with Gasteiger partial charge in [0.15, 0.2) is 0 Å². The predicted octanol–water partition coefficient (Wildman–Crippen LogP) is 2.49. The molecule has 5 rings (SSSR count). The summed E-state index contributed by atoms with van der Waals surface area (Å²) in [6, 6.07) is 10.1. The van der Waals surface area contributed by atoms with Crippen molar-refractivity contribution in [2.24, 2.45) is 0 Å². The molecule has 0 N–H and O–H groups in total. The Bertz CT molecular complexity index is 1290. The highest BCUT2D eigenvalue weighted by molar-refractivity contribution is 7.25. The van der Waals surface area contributed by atoms with Crippen molar-refractivity contribution in [3.8, 4) is 0 Å². The lowest BCUT2D eigenvalue weighted by Crippen LogP contribution is -2.50. The number of carbonyl (C=O) groups is 1. The summed E-state index contributed by atoms with van der Waals surface area (Å²) < 4.78 is 15.0. The fraction of sp³-hybridized carbons (Fsp3) is 0.238. The summed E-state index contributed by atoms with van der Waals surface area (Å²) in [6.45, 7) is 2.37. The van der Waals surface area contributed by atoms with Gasteiger partial charge in [0.05, 0.1) is 11.8 Å². The van der Waals surface area contributed by atoms with Gasteiger partial charge in [0.1, 0.15) is 21.9 Å². The summed E-state index contributed by atoms with van der Waals surface area (Å²) >= 11 is 1.30. The van der Waals surface area contributed by atoms with Gasteiger partial charge in [-0.3, -0.25) is 14.2 Å². The van der Waals surface area contributed by atoms with Crippen LogP contribution in [-0.4, -0.2) is 51.5 Å². The quantitative estimate of drug-likeness (QED) is 0.506. The lowest BCUT2D eigenvalue weighted by atomic mass is 10.2. The van der Waals surface area contributed by atoms with Gasteiger partial charge in [-0.2, -0.15) is 0 Å². The highest BCUT2D eigenvalue weighted by Gasteiger charge is 2.22. The number of rotatable bonds is 3. The molecule has 0 spiro atoms. The van der Waals surface area contributed by atoms with E-state index in [0.717, 1.165) is 15.9 Å². The Kier molecular flexibility index (Phi) is 4.66. The minimum atomic E-state index is -0.266. The van der Waals surface area contributed by atoms with Crippen LogP contribution in [0.5, 0.6) is 0 Å². The van der Waals surface area contributed by atoms with Gasteiger partial charge in [-0.05, 0) is 36.4 Å². The number of carbonyl (C=O) groups excluding carboxylic acids is 1. The van der Waals surface area contributed by atoms with Crippen molar-refractivity contribution in [1.29, 1.82) is 0 Å². The molecule has 0 aliphatic carbocycles. The van der Waals surface area contributed by atoms with Gasteiger partial charge in [-0.15, -0.1) is 11.3 Å². The number of anilines is 1. The number of pyridine rings is 1. The number of fused-ring (bicyclic) bond motifs is 3. The van der Waals surface area contributed by atoms with E-state index in [1.807, 2.05) is 12.1 Å². The van der Waals surface area contributed by atoms with Crippen LogP contribution >= 0.6 is 11.3 Å². The fourth-order valence-corrected chi connectivity index (χ4v) is 4.77. The Morgan fingerprint density at radius 2 is 1.83 bits per heavy atom. The largest absolute Gasteiger partial charge is 0.368 e. The number of amides is 1. The van der Waals surface area contributed by atoms with Gasteiger partial charge in [-0.1, -0.05) is 0 Å². The van der Waals surface area contributed by atoms with Crippen molar-refractivity contribution in [3.63, 3.8) is 0 Å². The normalized spacial score (nSPS) is 14.6. The summed E-state index contributed by atoms with van der Waals surface area (Å²) in [5.74, 6) is -0.380. The van der Waals surface area contributed by atoms with Crippen molar-refractivity contribution in [3.05, 3.63) is 65.1 Å². The predicted molar refractivity (Wildman–Crippen MR) is 114 cm³/mol. The molecule has 1 fully saturated rings. The van der Waals surface area contributed by atoms with Gasteiger partial charge in [0, 0.05) is 43.4 Å². The van der Waals surface area contributed by atoms with E-state index in [-0.39, 0.29) is 23.8 Å². The number of thiophene rings is 1. The molecular formula is C21H18FN5O2S. The maximum Gasteiger partial charge on any atom is 0.271 e. The number of hydrogen-bond donors (Lipinski definition) is 0. The molecule has 4 heterocycles. The van der Waals surface area contributed by atoms with E-state index in [4.69, 9.17) is 0 Å². The van der Waals surface area contributed by atoms with Crippen LogP contribution in [0.15, 0.2) is 53.7 Å². The third-order valence-corrected chi connectivity index (χ3v) is 6.44. The molecule has 0 atom stereocenters. The number of benzene rings is 1. The van der Waals surface area contributed by atoms with Crippen LogP contribution in [0.3, 0.4) is 0 Å². The number of piperazine rings is 1. The van der Waals surface area contributed by atoms with E-state index in [1.165, 1.54) is 34.4 Å². The van der Waals surface area contributed by atoms with Crippen molar-refractivity contribution in [1.82, 2.24) is 19.4 Å². The Morgan fingerprint density at radius 1 is 1.07 bits per heavy atom. The average molecular weight is 423 g/mol. The molecule has 0 radical (unpaired) electrons. The SMILES string of the molecule is O=C(Cn1cnc2c(sc3ncccc32)c1=O)N1CCN(c2ccc(F)cc2)CC1. The zero-order valence-corrected chi connectivity index (χ0v) is 16.8. The van der Waals surface area contributed by atoms with Crippen molar-refractivity contribution >= 4 is 43.4 Å². The van der Waals surface area contributed by atoms with Crippen LogP contribution in [0, 0.1) is 5.82 Å². The van der Waals surface area contributed by atoms with E-state index in [2.05, 4.69) is 14.9 Å². The molecule has 1 amide bonds. The first-order valence-corrected chi connectivity index (χ1v) is 10.4. The summed E-state index contributed by atoms with van der Waals surface area (Å²) in [6.07, 6.45) is 3.13. The Balaban J connectivity index is 1.30. The van der Waals surface area contributed by atoms with Crippen molar-refractivity contribution in [2.75, 3.05) is 31.1 Å². The number of halogens is 1. The first-order chi connectivity index (χ1) is 14.6. The van der Waals surface area contributed by atoms with Gasteiger partial charge in [-0.25, -0.2) is 14.4 Å². The molecule has 1 aliphatic heterocycles. The topological polar surface area (TPSA) is 71.3 Å². The Labute approximate surface area is 175 Å². The van der Waals surface area contributed by atoms with E-state index < -0.39 is 0 Å². The molecule has 30 heavy (non-hydrogen) atoms. The first kappa shape index (κ1) is 18.7. The second-order valence-electron chi connectivity index (χ2n) is 7.16. The number of nitrogens with zero attached hydrogens (tertiary/aromatic N) is 5. The van der Waals surface area contributed by atoms with Gasteiger partial charge >= 0.3 is 0 Å². The minimum Gasteiger partial charge on any atom is -0.368 e. The summed E-state index contributed by atoms with van der Waals surface area (Å²) in [5.41, 5.74) is 1.35. The lowest BCUT2D eigenvalue weighted by Gasteiger charge is -2.36. The molecule has 7 nitrogen and oxygen atoms in total. The van der Waals surface area contributed by atoms with E-state index in [1.54, 1.807) is 23.2 Å². The van der Waals surface area contributed by atoms with Crippen LogP contribution in [0.1, 0.15) is 0 Å². The van der Waals surface area contributed by atoms with Crippen molar-refractivity contribution < 1.29 is 9.18 Å². The standard InChI is InChI=1S/C21H18FN5O2S/c22-14-3-5-15(6-4-14)25-8-10-26(11-9-25)17(28)12-27-13-24-18-16-2-1-7-23-20(16)30-19(18)21(27)29/h1-7,13H,8-12H2. The second kappa shape index (κ2) is 7.49. The molecule has 0 bridgehead atoms. The zero-order chi connectivity index (χ0) is 20.7. The molecular weight excluding hydrogens is 405 g/mol. The lowest BCUT2D eigenvalue weighted by molar-refractivity contribution is -0.132. The molecule has 1 aliphatic rings. The van der Waals surface area contributed by atoms with Crippen LogP contribution in [0.4, 0.5) is 10.1 Å². The van der Waals surface area contributed by atoms with Gasteiger partial charge in [0.2, 0.25) is 5.91 Å². The summed E-state index contributed by atoms with van der Waals surface area (Å²) in [5, 5.41) is 0.852. The number of aromatic nitrogens is 3. The van der Waals surface area contributed by atoms with E-state index in [0.29, 0.717) is 36.4 Å². The molecule has 3 aromatic heterocycles. The van der Waals surface area contributed by atoms with Gasteiger partial charge in [0.25, 0.3) is 5.56 Å². The summed E-state index contributed by atoms with van der Waals surface area (Å²) in [4.78, 5) is 39.0. The van der Waals surface area contributed by atoms with Crippen molar-refractivity contribution in [2.45, 2.75) is 6.54 Å². The highest BCUT2D eigenvalue weighted by Crippen LogP contribution is 2.28. The molecule has 0 saturated carbocycles. The van der Waals surface area contributed by atoms with Crippen LogP contribution in [-0.2, 0) is 11.3 Å². The smallest absolute Gasteiger partial charge is 0.271 e. The summed E-state index contributed by atoms with van der Waals surface area (Å²) in [7, 11) is 0. The molecule has 9 heteroatoms. The zero-order valence-electron chi connectivity index (χ0n) is 16.0. The minimum absolute atomic E-state index is 0.0417. The monoisotopic (exact) mass is 423 g/mol. The van der Waals surface area contributed by atoms with Gasteiger partial charge < -0.3 is 9.80 Å². The van der Waals surface area contributed by atoms with E-state index in [9.17, 15) is 14.0 Å².